The summed E-state index contributed by atoms with van der Waals surface area (Å²) in [6, 6.07) is 26.0. The van der Waals surface area contributed by atoms with Gasteiger partial charge >= 0.3 is 0 Å². The van der Waals surface area contributed by atoms with Crippen molar-refractivity contribution in [1.29, 1.82) is 0 Å². The Morgan fingerprint density at radius 1 is 0.604 bits per heavy atom. The third kappa shape index (κ3) is 7.85. The zero-order chi connectivity index (χ0) is 36.1. The molecule has 4 aliphatic heterocycles. The number of anilines is 2. The van der Waals surface area contributed by atoms with Crippen molar-refractivity contribution in [3.63, 3.8) is 0 Å². The van der Waals surface area contributed by atoms with Crippen LogP contribution in [-0.2, 0) is 12.8 Å². The Hall–Kier alpha value is -4.66. The summed E-state index contributed by atoms with van der Waals surface area (Å²) in [4.78, 5) is 22.8. The number of nitrogens with zero attached hydrogens (tertiary/aromatic N) is 7. The van der Waals surface area contributed by atoms with E-state index in [2.05, 4.69) is 91.1 Å². The van der Waals surface area contributed by atoms with E-state index in [-0.39, 0.29) is 5.82 Å². The van der Waals surface area contributed by atoms with Crippen LogP contribution in [0.4, 0.5) is 15.8 Å². The van der Waals surface area contributed by atoms with Gasteiger partial charge in [-0.1, -0.05) is 18.2 Å². The molecule has 3 aromatic heterocycles. The van der Waals surface area contributed by atoms with Gasteiger partial charge in [-0.05, 0) is 154 Å². The number of rotatable bonds is 7. The minimum Gasteiger partial charge on any atom is -0.367 e. The molecule has 7 heterocycles. The molecule has 0 N–H and O–H groups in total. The minimum atomic E-state index is -0.117. The fourth-order valence-corrected chi connectivity index (χ4v) is 9.44. The van der Waals surface area contributed by atoms with Gasteiger partial charge in [-0.2, -0.15) is 0 Å². The number of hydrogen-bond acceptors (Lipinski definition) is 7. The molecular weight excluding hydrogens is 658 g/mol. The highest BCUT2D eigenvalue weighted by atomic mass is 19.1. The van der Waals surface area contributed by atoms with E-state index in [1.54, 1.807) is 12.1 Å². The van der Waals surface area contributed by atoms with Crippen LogP contribution in [0.2, 0.25) is 0 Å². The summed E-state index contributed by atoms with van der Waals surface area (Å²) < 4.78 is 13.9. The summed E-state index contributed by atoms with van der Waals surface area (Å²) in [6.07, 6.45) is 18.3. The first-order valence-electron chi connectivity index (χ1n) is 19.5. The van der Waals surface area contributed by atoms with Crippen LogP contribution in [0.15, 0.2) is 110 Å². The van der Waals surface area contributed by atoms with Gasteiger partial charge in [0.2, 0.25) is 0 Å². The van der Waals surface area contributed by atoms with E-state index in [0.717, 1.165) is 45.6 Å². The molecule has 2 fully saturated rings. The number of hydrogen-bond donors (Lipinski definition) is 0. The van der Waals surface area contributed by atoms with Crippen molar-refractivity contribution in [2.45, 2.75) is 62.4 Å². The van der Waals surface area contributed by atoms with Crippen LogP contribution in [0.1, 0.15) is 59.8 Å². The molecule has 0 unspecified atom stereocenters. The lowest BCUT2D eigenvalue weighted by Crippen LogP contribution is -2.37. The third-order valence-electron chi connectivity index (χ3n) is 12.0. The van der Waals surface area contributed by atoms with Gasteiger partial charge in [0, 0.05) is 98.7 Å². The first-order valence-corrected chi connectivity index (χ1v) is 19.5. The van der Waals surface area contributed by atoms with Crippen molar-refractivity contribution >= 4 is 11.4 Å². The Labute approximate surface area is 314 Å². The van der Waals surface area contributed by atoms with Crippen molar-refractivity contribution in [2.24, 2.45) is 0 Å². The Morgan fingerprint density at radius 2 is 1.15 bits per heavy atom. The van der Waals surface area contributed by atoms with Crippen molar-refractivity contribution in [3.8, 4) is 11.1 Å². The van der Waals surface area contributed by atoms with Gasteiger partial charge in [0.15, 0.2) is 0 Å². The van der Waals surface area contributed by atoms with Crippen LogP contribution in [0, 0.1) is 5.82 Å². The quantitative estimate of drug-likeness (QED) is 0.171. The second-order valence-electron chi connectivity index (χ2n) is 15.5. The predicted molar refractivity (Wildman–Crippen MR) is 213 cm³/mol. The van der Waals surface area contributed by atoms with Crippen LogP contribution in [0.5, 0.6) is 0 Å². The second-order valence-corrected chi connectivity index (χ2v) is 15.5. The molecule has 4 atom stereocenters. The van der Waals surface area contributed by atoms with Gasteiger partial charge in [0.25, 0.3) is 0 Å². The summed E-state index contributed by atoms with van der Waals surface area (Å²) in [5, 5.41) is 0. The molecule has 0 radical (unpaired) electrons. The van der Waals surface area contributed by atoms with Gasteiger partial charge in [0.05, 0.1) is 0 Å². The molecule has 53 heavy (non-hydrogen) atoms. The third-order valence-corrected chi connectivity index (χ3v) is 12.0. The number of likely N-dealkylation sites (tertiary alicyclic amines) is 2. The van der Waals surface area contributed by atoms with Crippen LogP contribution >= 0.6 is 0 Å². The lowest BCUT2D eigenvalue weighted by atomic mass is 9.91. The molecule has 0 aliphatic carbocycles. The maximum absolute atomic E-state index is 13.9. The van der Waals surface area contributed by atoms with Gasteiger partial charge in [-0.3, -0.25) is 15.0 Å². The largest absolute Gasteiger partial charge is 0.367 e. The summed E-state index contributed by atoms with van der Waals surface area (Å²) >= 11 is 0. The molecule has 0 spiro atoms. The Morgan fingerprint density at radius 3 is 1.70 bits per heavy atom. The highest BCUT2D eigenvalue weighted by molar-refractivity contribution is 5.72. The number of pyridine rings is 3. The predicted octanol–water partition coefficient (Wildman–Crippen LogP) is 7.85. The summed E-state index contributed by atoms with van der Waals surface area (Å²) in [7, 11) is 4.45. The molecule has 7 nitrogen and oxygen atoms in total. The van der Waals surface area contributed by atoms with E-state index in [9.17, 15) is 4.39 Å². The maximum Gasteiger partial charge on any atom is 0.123 e. The number of benzene rings is 2. The van der Waals surface area contributed by atoms with E-state index in [1.165, 1.54) is 77.0 Å². The van der Waals surface area contributed by atoms with Crippen molar-refractivity contribution in [2.75, 3.05) is 63.2 Å². The summed E-state index contributed by atoms with van der Waals surface area (Å²) in [6.45, 7) is 6.51. The fraction of sp³-hybridized carbons (Fsp3) is 0.400. The van der Waals surface area contributed by atoms with Crippen LogP contribution in [-0.4, -0.2) is 90.2 Å². The fourth-order valence-electron chi connectivity index (χ4n) is 9.44. The number of aromatic nitrogens is 3. The molecule has 2 aromatic carbocycles. The van der Waals surface area contributed by atoms with Crippen molar-refractivity contribution in [1.82, 2.24) is 24.8 Å². The molecular formula is C45H52FN7. The average molecular weight is 710 g/mol. The number of likely N-dealkylation sites (N-methyl/N-ethyl adjacent to an activating group) is 2. The Kier molecular flexibility index (Phi) is 10.8. The van der Waals surface area contributed by atoms with Crippen molar-refractivity contribution in [3.05, 3.63) is 138 Å². The first kappa shape index (κ1) is 35.4. The lowest BCUT2D eigenvalue weighted by Gasteiger charge is -2.29. The lowest BCUT2D eigenvalue weighted by molar-refractivity contribution is 0.330. The standard InChI is InChI=1S/C25H28N4.C20H24FN3/c1-28-14-3-5-24-23(18-28)22-16-21(20-8-12-26-13-9-20)6-7-25(22)29(24)15-10-19-4-2-11-27-17-19;1-23-10-3-5-19-18(14-23)17-12-16(21)6-7-20(17)24(19)11-8-15-4-2-9-22-13-15/h2,4,6-9,11-13,16-17,23-24H,3,5,10,14-15,18H2,1H3;2,4,6-7,9,12-13,18-19H,3,5,8,10-11,14H2,1H3/t23-,24+;18-,19+/m00/s1. The van der Waals surface area contributed by atoms with Crippen molar-refractivity contribution < 1.29 is 4.39 Å². The Bertz CT molecular complexity index is 1940. The minimum absolute atomic E-state index is 0.117. The summed E-state index contributed by atoms with van der Waals surface area (Å²) in [5.41, 5.74) is 10.5. The molecule has 9 rings (SSSR count). The van der Waals surface area contributed by atoms with Gasteiger partial charge in [-0.25, -0.2) is 4.39 Å². The molecule has 0 amide bonds. The first-order chi connectivity index (χ1) is 26.0. The zero-order valence-corrected chi connectivity index (χ0v) is 31.2. The van der Waals surface area contributed by atoms with E-state index in [1.807, 2.05) is 55.4 Å². The second kappa shape index (κ2) is 16.1. The topological polar surface area (TPSA) is 51.6 Å². The molecule has 5 aromatic rings. The zero-order valence-electron chi connectivity index (χ0n) is 31.2. The van der Waals surface area contributed by atoms with Gasteiger partial charge < -0.3 is 19.6 Å². The van der Waals surface area contributed by atoms with Crippen LogP contribution < -0.4 is 9.80 Å². The highest BCUT2D eigenvalue weighted by Crippen LogP contribution is 2.46. The van der Waals surface area contributed by atoms with E-state index in [4.69, 9.17) is 0 Å². The van der Waals surface area contributed by atoms with Crippen LogP contribution in [0.25, 0.3) is 11.1 Å². The van der Waals surface area contributed by atoms with Gasteiger partial charge in [-0.15, -0.1) is 0 Å². The molecule has 0 saturated carbocycles. The number of halogens is 1. The van der Waals surface area contributed by atoms with E-state index in [0.29, 0.717) is 23.9 Å². The smallest absolute Gasteiger partial charge is 0.123 e. The van der Waals surface area contributed by atoms with E-state index < -0.39 is 0 Å². The SMILES string of the molecule is CN1CCC[C@@H]2[C@@H](C1)c1cc(-c3ccncc3)ccc1N2CCc1cccnc1.CN1CCC[C@@H]2[C@@H](C1)c1cc(F)ccc1N2CCc1cccnc1. The van der Waals surface area contributed by atoms with E-state index >= 15 is 0 Å². The molecule has 2 saturated heterocycles. The molecule has 4 aliphatic rings. The normalized spacial score (nSPS) is 22.5. The summed E-state index contributed by atoms with van der Waals surface area (Å²) in [5.74, 6) is 0.874. The molecule has 274 valence electrons. The molecule has 8 heteroatoms. The molecule has 0 bridgehead atoms. The number of fused-ring (bicyclic) bond motifs is 6. The highest BCUT2D eigenvalue weighted by Gasteiger charge is 2.41. The average Bonchev–Trinajstić information content (AvgIpc) is 3.41. The maximum atomic E-state index is 13.9. The Balaban J connectivity index is 0.000000154. The monoisotopic (exact) mass is 709 g/mol. The van der Waals surface area contributed by atoms with Crippen LogP contribution in [0.3, 0.4) is 0 Å². The van der Waals surface area contributed by atoms with Gasteiger partial charge in [0.1, 0.15) is 5.82 Å².